The maximum absolute atomic E-state index is 4.99. The molecule has 2 atom stereocenters. The zero-order chi connectivity index (χ0) is 13.0. The number of thioether (sulfide) groups is 1. The summed E-state index contributed by atoms with van der Waals surface area (Å²) < 4.78 is 0. The molecular weight excluding hydrogens is 240 g/mol. The average Bonchev–Trinajstić information content (AvgIpc) is 2.68. The van der Waals surface area contributed by atoms with Crippen LogP contribution in [0.1, 0.15) is 65.7 Å². The van der Waals surface area contributed by atoms with E-state index in [9.17, 15) is 0 Å². The molecule has 2 rings (SSSR count). The Labute approximate surface area is 116 Å². The van der Waals surface area contributed by atoms with Crippen molar-refractivity contribution in [2.24, 2.45) is 10.9 Å². The van der Waals surface area contributed by atoms with Crippen molar-refractivity contribution in [1.29, 1.82) is 0 Å². The number of aliphatic imine (C=N–C) groups is 1. The first kappa shape index (κ1) is 14.2. The van der Waals surface area contributed by atoms with Crippen molar-refractivity contribution in [3.05, 3.63) is 0 Å². The molecule has 0 amide bonds. The number of amidine groups is 1. The Kier molecular flexibility index (Phi) is 4.99. The first-order chi connectivity index (χ1) is 8.67. The van der Waals surface area contributed by atoms with Crippen LogP contribution in [0, 0.1) is 5.92 Å². The first-order valence-electron chi connectivity index (χ1n) is 7.66. The van der Waals surface area contributed by atoms with Crippen LogP contribution in [-0.4, -0.2) is 22.5 Å². The van der Waals surface area contributed by atoms with Gasteiger partial charge in [-0.3, -0.25) is 4.99 Å². The van der Waals surface area contributed by atoms with Crippen molar-refractivity contribution in [2.75, 3.05) is 5.75 Å². The molecule has 1 saturated carbocycles. The lowest BCUT2D eigenvalue weighted by atomic mass is 9.96. The first-order valence-corrected chi connectivity index (χ1v) is 8.65. The fourth-order valence-corrected chi connectivity index (χ4v) is 4.37. The highest BCUT2D eigenvalue weighted by Gasteiger charge is 2.34. The molecule has 0 bridgehead atoms. The van der Waals surface area contributed by atoms with Crippen molar-refractivity contribution in [2.45, 2.75) is 77.3 Å². The van der Waals surface area contributed by atoms with Crippen LogP contribution >= 0.6 is 11.8 Å². The van der Waals surface area contributed by atoms with E-state index in [-0.39, 0.29) is 0 Å². The number of hydrogen-bond acceptors (Lipinski definition) is 2. The van der Waals surface area contributed by atoms with Crippen molar-refractivity contribution < 1.29 is 0 Å². The SMILES string of the molecule is CCC1(CC)CSC(=NC2CCCC(C)CC2)N1. The summed E-state index contributed by atoms with van der Waals surface area (Å²) in [5.41, 5.74) is 0.321. The summed E-state index contributed by atoms with van der Waals surface area (Å²) in [7, 11) is 0. The Morgan fingerprint density at radius 2 is 2.00 bits per heavy atom. The van der Waals surface area contributed by atoms with Crippen LogP contribution < -0.4 is 5.32 Å². The third kappa shape index (κ3) is 3.43. The summed E-state index contributed by atoms with van der Waals surface area (Å²) in [4.78, 5) is 4.99. The third-order valence-electron chi connectivity index (χ3n) is 4.74. The van der Waals surface area contributed by atoms with E-state index in [4.69, 9.17) is 4.99 Å². The summed E-state index contributed by atoms with van der Waals surface area (Å²) in [6, 6.07) is 0.578. The van der Waals surface area contributed by atoms with Gasteiger partial charge in [0.25, 0.3) is 0 Å². The van der Waals surface area contributed by atoms with Crippen molar-refractivity contribution in [1.82, 2.24) is 5.32 Å². The maximum atomic E-state index is 4.99. The molecular formula is C15H28N2S. The van der Waals surface area contributed by atoms with Gasteiger partial charge in [-0.05, 0) is 38.0 Å². The number of nitrogens with one attached hydrogen (secondary N) is 1. The van der Waals surface area contributed by atoms with Gasteiger partial charge < -0.3 is 5.32 Å². The Balaban J connectivity index is 1.93. The second-order valence-corrected chi connectivity index (χ2v) is 7.07. The fraction of sp³-hybridized carbons (Fsp3) is 0.933. The molecule has 0 aromatic heterocycles. The molecule has 2 fully saturated rings. The summed E-state index contributed by atoms with van der Waals surface area (Å²) in [5.74, 6) is 2.10. The van der Waals surface area contributed by atoms with E-state index in [0.717, 1.165) is 5.92 Å². The highest BCUT2D eigenvalue weighted by atomic mass is 32.2. The van der Waals surface area contributed by atoms with E-state index in [1.165, 1.54) is 55.9 Å². The van der Waals surface area contributed by atoms with Crippen molar-refractivity contribution in [3.63, 3.8) is 0 Å². The van der Waals surface area contributed by atoms with Crippen LogP contribution in [0.4, 0.5) is 0 Å². The fourth-order valence-electron chi connectivity index (χ4n) is 2.97. The van der Waals surface area contributed by atoms with Gasteiger partial charge >= 0.3 is 0 Å². The van der Waals surface area contributed by atoms with E-state index in [0.29, 0.717) is 11.6 Å². The zero-order valence-electron chi connectivity index (χ0n) is 12.2. The van der Waals surface area contributed by atoms with Crippen LogP contribution in [0.25, 0.3) is 0 Å². The second kappa shape index (κ2) is 6.31. The van der Waals surface area contributed by atoms with Crippen molar-refractivity contribution >= 4 is 16.9 Å². The lowest BCUT2D eigenvalue weighted by molar-refractivity contribution is 0.406. The van der Waals surface area contributed by atoms with Gasteiger partial charge in [0.2, 0.25) is 0 Å². The van der Waals surface area contributed by atoms with Gasteiger partial charge in [-0.1, -0.05) is 45.4 Å². The Bertz CT molecular complexity index is 297. The molecule has 2 nitrogen and oxygen atoms in total. The lowest BCUT2D eigenvalue weighted by Crippen LogP contribution is -2.42. The topological polar surface area (TPSA) is 24.4 Å². The van der Waals surface area contributed by atoms with Crippen LogP contribution in [0.5, 0.6) is 0 Å². The molecule has 1 N–H and O–H groups in total. The molecule has 1 aliphatic heterocycles. The van der Waals surface area contributed by atoms with E-state index < -0.39 is 0 Å². The minimum atomic E-state index is 0.321. The third-order valence-corrected chi connectivity index (χ3v) is 5.92. The van der Waals surface area contributed by atoms with E-state index in [2.05, 4.69) is 26.1 Å². The van der Waals surface area contributed by atoms with Gasteiger partial charge in [0.05, 0.1) is 6.04 Å². The molecule has 2 aliphatic rings. The lowest BCUT2D eigenvalue weighted by Gasteiger charge is -2.25. The van der Waals surface area contributed by atoms with Gasteiger partial charge in [-0.15, -0.1) is 0 Å². The zero-order valence-corrected chi connectivity index (χ0v) is 13.0. The molecule has 1 saturated heterocycles. The Hall–Kier alpha value is -0.180. The van der Waals surface area contributed by atoms with Gasteiger partial charge in [0.1, 0.15) is 0 Å². The second-order valence-electron chi connectivity index (χ2n) is 6.10. The molecule has 18 heavy (non-hydrogen) atoms. The van der Waals surface area contributed by atoms with Crippen molar-refractivity contribution in [3.8, 4) is 0 Å². The van der Waals surface area contributed by atoms with Gasteiger partial charge in [0, 0.05) is 11.3 Å². The van der Waals surface area contributed by atoms with E-state index in [1.807, 2.05) is 11.8 Å². The molecule has 1 aliphatic carbocycles. The van der Waals surface area contributed by atoms with Gasteiger partial charge in [0.15, 0.2) is 5.17 Å². The minimum Gasteiger partial charge on any atom is -0.359 e. The molecule has 0 aromatic rings. The Morgan fingerprint density at radius 1 is 1.22 bits per heavy atom. The molecule has 0 radical (unpaired) electrons. The van der Waals surface area contributed by atoms with E-state index >= 15 is 0 Å². The Morgan fingerprint density at radius 3 is 2.67 bits per heavy atom. The largest absolute Gasteiger partial charge is 0.359 e. The number of nitrogens with zero attached hydrogens (tertiary/aromatic N) is 1. The molecule has 3 heteroatoms. The highest BCUT2D eigenvalue weighted by Crippen LogP contribution is 2.31. The summed E-state index contributed by atoms with van der Waals surface area (Å²) in [6.07, 6.45) is 9.11. The smallest absolute Gasteiger partial charge is 0.157 e. The quantitative estimate of drug-likeness (QED) is 0.776. The van der Waals surface area contributed by atoms with Gasteiger partial charge in [-0.25, -0.2) is 0 Å². The van der Waals surface area contributed by atoms with Crippen LogP contribution in [0.15, 0.2) is 4.99 Å². The van der Waals surface area contributed by atoms with Crippen LogP contribution in [-0.2, 0) is 0 Å². The monoisotopic (exact) mass is 268 g/mol. The van der Waals surface area contributed by atoms with E-state index in [1.54, 1.807) is 0 Å². The minimum absolute atomic E-state index is 0.321. The summed E-state index contributed by atoms with van der Waals surface area (Å²) in [5, 5.41) is 4.92. The van der Waals surface area contributed by atoms with Crippen LogP contribution in [0.2, 0.25) is 0 Å². The molecule has 0 aromatic carbocycles. The molecule has 104 valence electrons. The standard InChI is InChI=1S/C15H28N2S/c1-4-15(5-2)11-18-14(17-15)16-13-8-6-7-12(3)9-10-13/h12-13H,4-11H2,1-3H3,(H,16,17). The predicted molar refractivity (Wildman–Crippen MR) is 82.4 cm³/mol. The molecule has 2 unspecified atom stereocenters. The molecule has 0 spiro atoms. The highest BCUT2D eigenvalue weighted by molar-refractivity contribution is 8.14. The summed E-state index contributed by atoms with van der Waals surface area (Å²) in [6.45, 7) is 6.96. The predicted octanol–water partition coefficient (Wildman–Crippen LogP) is 4.21. The number of hydrogen-bond donors (Lipinski definition) is 1. The average molecular weight is 268 g/mol. The number of rotatable bonds is 3. The summed E-state index contributed by atoms with van der Waals surface area (Å²) >= 11 is 1.94. The molecule has 1 heterocycles. The van der Waals surface area contributed by atoms with Gasteiger partial charge in [-0.2, -0.15) is 0 Å². The van der Waals surface area contributed by atoms with Crippen LogP contribution in [0.3, 0.4) is 0 Å². The normalized spacial score (nSPS) is 34.3. The maximum Gasteiger partial charge on any atom is 0.157 e.